The van der Waals surface area contributed by atoms with Crippen LogP contribution in [-0.4, -0.2) is 11.8 Å². The molecule has 1 aromatic carbocycles. The van der Waals surface area contributed by atoms with Crippen LogP contribution in [0.15, 0.2) is 30.3 Å². The van der Waals surface area contributed by atoms with E-state index in [-0.39, 0.29) is 0 Å². The number of thiol groups is 1. The zero-order valence-corrected chi connectivity index (χ0v) is 7.51. The Morgan fingerprint density at radius 3 is 2.55 bits per heavy atom. The third-order valence-electron chi connectivity index (χ3n) is 1.46. The number of hydrogen-bond donors (Lipinski definition) is 2. The predicted octanol–water partition coefficient (Wildman–Crippen LogP) is 2.42. The van der Waals surface area contributed by atoms with Gasteiger partial charge in [-0.05, 0) is 19.1 Å². The normalized spacial score (nSPS) is 12.5. The maximum atomic E-state index is 4.18. The molecule has 0 bridgehead atoms. The summed E-state index contributed by atoms with van der Waals surface area (Å²) in [6.45, 7) is 2.11. The van der Waals surface area contributed by atoms with Crippen molar-refractivity contribution in [2.24, 2.45) is 0 Å². The van der Waals surface area contributed by atoms with E-state index >= 15 is 0 Å². The summed E-state index contributed by atoms with van der Waals surface area (Å²) in [6, 6.07) is 10.6. The molecule has 0 aliphatic rings. The lowest BCUT2D eigenvalue weighted by Crippen LogP contribution is -2.16. The van der Waals surface area contributed by atoms with Crippen LogP contribution in [0.1, 0.15) is 6.92 Å². The Kier molecular flexibility index (Phi) is 3.30. The van der Waals surface area contributed by atoms with E-state index in [1.807, 2.05) is 18.2 Å². The van der Waals surface area contributed by atoms with E-state index in [9.17, 15) is 0 Å². The SMILES string of the molecule is C[C@@H](CS)Nc1ccccc1. The van der Waals surface area contributed by atoms with Crippen LogP contribution in [0.5, 0.6) is 0 Å². The molecule has 1 aromatic rings. The van der Waals surface area contributed by atoms with Crippen molar-refractivity contribution in [2.75, 3.05) is 11.1 Å². The first-order chi connectivity index (χ1) is 5.33. The van der Waals surface area contributed by atoms with Gasteiger partial charge in [-0.15, -0.1) is 0 Å². The molecule has 2 heteroatoms. The fraction of sp³-hybridized carbons (Fsp3) is 0.333. The zero-order chi connectivity index (χ0) is 8.10. The first kappa shape index (κ1) is 8.47. The highest BCUT2D eigenvalue weighted by Crippen LogP contribution is 2.06. The second-order valence-electron chi connectivity index (χ2n) is 2.59. The highest BCUT2D eigenvalue weighted by Gasteiger charge is 1.96. The number of nitrogens with one attached hydrogen (secondary N) is 1. The maximum Gasteiger partial charge on any atom is 0.0342 e. The fourth-order valence-corrected chi connectivity index (χ4v) is 0.956. The van der Waals surface area contributed by atoms with Crippen LogP contribution in [-0.2, 0) is 0 Å². The van der Waals surface area contributed by atoms with Gasteiger partial charge in [0, 0.05) is 17.5 Å². The number of para-hydroxylation sites is 1. The highest BCUT2D eigenvalue weighted by molar-refractivity contribution is 7.80. The standard InChI is InChI=1S/C9H13NS/c1-8(7-11)10-9-5-3-2-4-6-9/h2-6,8,10-11H,7H2,1H3/t8-/m0/s1. The lowest BCUT2D eigenvalue weighted by Gasteiger charge is -2.11. The van der Waals surface area contributed by atoms with Crippen molar-refractivity contribution in [3.8, 4) is 0 Å². The Balaban J connectivity index is 2.51. The van der Waals surface area contributed by atoms with Gasteiger partial charge in [-0.25, -0.2) is 0 Å². The molecular weight excluding hydrogens is 154 g/mol. The average molecular weight is 167 g/mol. The summed E-state index contributed by atoms with van der Waals surface area (Å²) < 4.78 is 0. The molecule has 0 fully saturated rings. The molecule has 0 amide bonds. The van der Waals surface area contributed by atoms with E-state index in [1.165, 1.54) is 0 Å². The van der Waals surface area contributed by atoms with Gasteiger partial charge in [-0.3, -0.25) is 0 Å². The first-order valence-electron chi connectivity index (χ1n) is 3.75. The molecule has 0 unspecified atom stereocenters. The van der Waals surface area contributed by atoms with E-state index in [0.717, 1.165) is 11.4 Å². The first-order valence-corrected chi connectivity index (χ1v) is 4.38. The Morgan fingerprint density at radius 1 is 1.36 bits per heavy atom. The number of hydrogen-bond acceptors (Lipinski definition) is 2. The summed E-state index contributed by atoms with van der Waals surface area (Å²) in [6.07, 6.45) is 0. The molecule has 0 spiro atoms. The van der Waals surface area contributed by atoms with Gasteiger partial charge in [0.1, 0.15) is 0 Å². The molecular formula is C9H13NS. The Labute approximate surface area is 73.2 Å². The predicted molar refractivity (Wildman–Crippen MR) is 53.4 cm³/mol. The summed E-state index contributed by atoms with van der Waals surface area (Å²) in [7, 11) is 0. The van der Waals surface area contributed by atoms with Crippen LogP contribution in [0.3, 0.4) is 0 Å². The van der Waals surface area contributed by atoms with Crippen molar-refractivity contribution in [3.63, 3.8) is 0 Å². The van der Waals surface area contributed by atoms with E-state index in [0.29, 0.717) is 6.04 Å². The molecule has 0 radical (unpaired) electrons. The quantitative estimate of drug-likeness (QED) is 0.659. The highest BCUT2D eigenvalue weighted by atomic mass is 32.1. The van der Waals surface area contributed by atoms with Gasteiger partial charge in [0.15, 0.2) is 0 Å². The van der Waals surface area contributed by atoms with Crippen molar-refractivity contribution in [2.45, 2.75) is 13.0 Å². The van der Waals surface area contributed by atoms with Crippen molar-refractivity contribution >= 4 is 18.3 Å². The molecule has 0 saturated heterocycles. The lowest BCUT2D eigenvalue weighted by molar-refractivity contribution is 0.917. The van der Waals surface area contributed by atoms with Gasteiger partial charge in [0.2, 0.25) is 0 Å². The van der Waals surface area contributed by atoms with Crippen LogP contribution in [0.25, 0.3) is 0 Å². The summed E-state index contributed by atoms with van der Waals surface area (Å²) in [5, 5.41) is 3.32. The zero-order valence-electron chi connectivity index (χ0n) is 6.62. The van der Waals surface area contributed by atoms with Crippen LogP contribution >= 0.6 is 12.6 Å². The second-order valence-corrected chi connectivity index (χ2v) is 2.96. The topological polar surface area (TPSA) is 12.0 Å². The van der Waals surface area contributed by atoms with Gasteiger partial charge in [0.25, 0.3) is 0 Å². The summed E-state index contributed by atoms with van der Waals surface area (Å²) >= 11 is 4.18. The molecule has 1 rings (SSSR count). The summed E-state index contributed by atoms with van der Waals surface area (Å²) in [4.78, 5) is 0. The molecule has 0 aliphatic carbocycles. The van der Waals surface area contributed by atoms with E-state index in [1.54, 1.807) is 0 Å². The molecule has 1 atom stereocenters. The molecule has 1 nitrogen and oxygen atoms in total. The van der Waals surface area contributed by atoms with Crippen molar-refractivity contribution in [1.82, 2.24) is 0 Å². The molecule has 0 heterocycles. The molecule has 0 aliphatic heterocycles. The fourth-order valence-electron chi connectivity index (χ4n) is 0.865. The van der Waals surface area contributed by atoms with Crippen molar-refractivity contribution in [1.29, 1.82) is 0 Å². The molecule has 1 N–H and O–H groups in total. The van der Waals surface area contributed by atoms with Gasteiger partial charge in [0.05, 0.1) is 0 Å². The van der Waals surface area contributed by atoms with E-state index < -0.39 is 0 Å². The van der Waals surface area contributed by atoms with Crippen molar-refractivity contribution < 1.29 is 0 Å². The van der Waals surface area contributed by atoms with E-state index in [2.05, 4.69) is 37.0 Å². The third kappa shape index (κ3) is 2.85. The molecule has 60 valence electrons. The maximum absolute atomic E-state index is 4.18. The van der Waals surface area contributed by atoms with Gasteiger partial charge >= 0.3 is 0 Å². The lowest BCUT2D eigenvalue weighted by atomic mass is 10.3. The second kappa shape index (κ2) is 4.29. The van der Waals surface area contributed by atoms with Crippen LogP contribution < -0.4 is 5.32 Å². The molecule has 11 heavy (non-hydrogen) atoms. The average Bonchev–Trinajstić information content (AvgIpc) is 2.06. The monoisotopic (exact) mass is 167 g/mol. The van der Waals surface area contributed by atoms with Gasteiger partial charge in [-0.2, -0.15) is 12.6 Å². The third-order valence-corrected chi connectivity index (χ3v) is 2.01. The van der Waals surface area contributed by atoms with Gasteiger partial charge < -0.3 is 5.32 Å². The Hall–Kier alpha value is -0.630. The smallest absolute Gasteiger partial charge is 0.0342 e. The van der Waals surface area contributed by atoms with Crippen LogP contribution in [0, 0.1) is 0 Å². The van der Waals surface area contributed by atoms with E-state index in [4.69, 9.17) is 0 Å². The summed E-state index contributed by atoms with van der Waals surface area (Å²) in [5.41, 5.74) is 1.16. The largest absolute Gasteiger partial charge is 0.382 e. The number of benzene rings is 1. The summed E-state index contributed by atoms with van der Waals surface area (Å²) in [5.74, 6) is 0.856. The molecule has 0 saturated carbocycles. The van der Waals surface area contributed by atoms with Crippen LogP contribution in [0.4, 0.5) is 5.69 Å². The van der Waals surface area contributed by atoms with Crippen molar-refractivity contribution in [3.05, 3.63) is 30.3 Å². The minimum Gasteiger partial charge on any atom is -0.382 e. The molecule has 0 aromatic heterocycles. The Morgan fingerprint density at radius 2 is 2.00 bits per heavy atom. The van der Waals surface area contributed by atoms with Crippen LogP contribution in [0.2, 0.25) is 0 Å². The number of anilines is 1. The Bertz CT molecular complexity index is 198. The number of rotatable bonds is 3. The minimum atomic E-state index is 0.431. The minimum absolute atomic E-state index is 0.431. The van der Waals surface area contributed by atoms with Gasteiger partial charge in [-0.1, -0.05) is 18.2 Å².